The Morgan fingerprint density at radius 2 is 2.25 bits per heavy atom. The molecule has 5 nitrogen and oxygen atoms in total. The van der Waals surface area contributed by atoms with Gasteiger partial charge in [0, 0.05) is 0 Å². The maximum atomic E-state index is 11.6. The number of alkyl halides is 1. The van der Waals surface area contributed by atoms with Crippen molar-refractivity contribution in [3.05, 3.63) is 28.6 Å². The van der Waals surface area contributed by atoms with Crippen LogP contribution in [0.3, 0.4) is 0 Å². The van der Waals surface area contributed by atoms with Gasteiger partial charge in [0.15, 0.2) is 5.82 Å². The first-order valence-electron chi connectivity index (χ1n) is 4.71. The number of benzene rings is 1. The van der Waals surface area contributed by atoms with E-state index in [1.807, 2.05) is 6.07 Å². The van der Waals surface area contributed by atoms with E-state index in [9.17, 15) is 4.79 Å². The molecular weight excluding hydrogens is 228 g/mol. The number of aromatic nitrogens is 2. The van der Waals surface area contributed by atoms with Crippen LogP contribution < -0.4 is 10.9 Å². The smallest absolute Gasteiger partial charge is 0.272 e. The highest BCUT2D eigenvalue weighted by molar-refractivity contribution is 6.31. The lowest BCUT2D eigenvalue weighted by atomic mass is 10.1. The average molecular weight is 235 g/mol. The Kier molecular flexibility index (Phi) is 1.94. The van der Waals surface area contributed by atoms with Crippen LogP contribution in [0.5, 0.6) is 0 Å². The molecule has 0 spiro atoms. The Morgan fingerprint density at radius 1 is 1.38 bits per heavy atom. The molecule has 0 saturated heterocycles. The van der Waals surface area contributed by atoms with Crippen molar-refractivity contribution in [1.29, 1.82) is 0 Å². The predicted octanol–water partition coefficient (Wildman–Crippen LogP) is 1.62. The summed E-state index contributed by atoms with van der Waals surface area (Å²) in [5.41, 5.74) is 0.601. The van der Waals surface area contributed by atoms with E-state index in [1.54, 1.807) is 12.1 Å². The number of halogens is 1. The first-order chi connectivity index (χ1) is 7.79. The van der Waals surface area contributed by atoms with Gasteiger partial charge in [-0.3, -0.25) is 4.79 Å². The van der Waals surface area contributed by atoms with Gasteiger partial charge in [-0.15, -0.1) is 11.6 Å². The molecule has 0 saturated carbocycles. The van der Waals surface area contributed by atoms with Crippen LogP contribution in [-0.4, -0.2) is 21.9 Å². The molecule has 0 fully saturated rings. The Bertz CT molecular complexity index is 661. The van der Waals surface area contributed by atoms with E-state index >= 15 is 0 Å². The first-order valence-corrected chi connectivity index (χ1v) is 5.25. The van der Waals surface area contributed by atoms with Crippen molar-refractivity contribution in [3.63, 3.8) is 0 Å². The van der Waals surface area contributed by atoms with Crippen LogP contribution in [0.4, 0.5) is 11.5 Å². The third-order valence-corrected chi connectivity index (χ3v) is 2.70. The number of hydrogen-bond acceptors (Lipinski definition) is 4. The number of nitrogens with one attached hydrogen (secondary N) is 2. The largest absolute Gasteiger partial charge is 0.342 e. The standard InChI is InChI=1S/C10H7ClN4O/c11-4-7-12-6-3-1-2-5-8(6)9(13-7)14-15-10(5)16/h1-3H,4H2,(H,15,16)(H,12,13,14). The summed E-state index contributed by atoms with van der Waals surface area (Å²) in [6.45, 7) is 0. The monoisotopic (exact) mass is 234 g/mol. The van der Waals surface area contributed by atoms with E-state index in [2.05, 4.69) is 20.5 Å². The number of anilines is 1. The number of nitrogens with zero attached hydrogens (tertiary/aromatic N) is 2. The van der Waals surface area contributed by atoms with Crippen LogP contribution in [0, 0.1) is 0 Å². The molecule has 2 N–H and O–H groups in total. The average Bonchev–Trinajstić information content (AvgIpc) is 2.33. The summed E-state index contributed by atoms with van der Waals surface area (Å²) >= 11 is 5.72. The van der Waals surface area contributed by atoms with E-state index in [1.165, 1.54) is 0 Å². The molecule has 1 aromatic heterocycles. The van der Waals surface area contributed by atoms with Crippen LogP contribution in [0.1, 0.15) is 0 Å². The first kappa shape index (κ1) is 9.35. The van der Waals surface area contributed by atoms with Crippen LogP contribution in [-0.2, 0) is 0 Å². The highest BCUT2D eigenvalue weighted by atomic mass is 35.5. The highest BCUT2D eigenvalue weighted by Crippen LogP contribution is 2.31. The number of aliphatic imine (C=N–C) groups is 1. The molecule has 0 bridgehead atoms. The number of aromatic amines is 1. The number of amidine groups is 1. The van der Waals surface area contributed by atoms with Crippen LogP contribution in [0.15, 0.2) is 28.0 Å². The normalized spacial score (nSPS) is 13.4. The minimum absolute atomic E-state index is 0.216. The summed E-state index contributed by atoms with van der Waals surface area (Å²) in [6, 6.07) is 5.42. The molecule has 0 atom stereocenters. The molecule has 80 valence electrons. The summed E-state index contributed by atoms with van der Waals surface area (Å²) in [6.07, 6.45) is 0. The van der Waals surface area contributed by atoms with Gasteiger partial charge in [-0.05, 0) is 12.1 Å². The Balaban J connectivity index is 2.45. The third kappa shape index (κ3) is 1.22. The van der Waals surface area contributed by atoms with Crippen molar-refractivity contribution >= 4 is 39.7 Å². The van der Waals surface area contributed by atoms with Crippen molar-refractivity contribution in [2.24, 2.45) is 4.99 Å². The second kappa shape index (κ2) is 3.31. The van der Waals surface area contributed by atoms with E-state index in [0.29, 0.717) is 17.0 Å². The van der Waals surface area contributed by atoms with Crippen molar-refractivity contribution in [2.45, 2.75) is 0 Å². The van der Waals surface area contributed by atoms with Crippen LogP contribution in [0.2, 0.25) is 0 Å². The summed E-state index contributed by atoms with van der Waals surface area (Å²) in [4.78, 5) is 15.8. The fourth-order valence-electron chi connectivity index (χ4n) is 1.76. The third-order valence-electron chi connectivity index (χ3n) is 2.44. The van der Waals surface area contributed by atoms with Crippen molar-refractivity contribution < 1.29 is 0 Å². The lowest BCUT2D eigenvalue weighted by Gasteiger charge is -2.15. The van der Waals surface area contributed by atoms with Crippen molar-refractivity contribution in [2.75, 3.05) is 11.2 Å². The molecule has 0 aliphatic carbocycles. The molecule has 3 rings (SSSR count). The lowest BCUT2D eigenvalue weighted by molar-refractivity contribution is 1.00. The molecule has 2 aromatic rings. The second-order valence-corrected chi connectivity index (χ2v) is 3.69. The molecule has 0 amide bonds. The number of hydrogen-bond donors (Lipinski definition) is 2. The Labute approximate surface area is 95.2 Å². The fourth-order valence-corrected chi connectivity index (χ4v) is 1.89. The Hall–Kier alpha value is -1.88. The molecule has 6 heteroatoms. The molecule has 0 unspecified atom stereocenters. The van der Waals surface area contributed by atoms with Crippen molar-refractivity contribution in [3.8, 4) is 0 Å². The van der Waals surface area contributed by atoms with Gasteiger partial charge in [0.2, 0.25) is 0 Å². The van der Waals surface area contributed by atoms with Gasteiger partial charge < -0.3 is 5.32 Å². The maximum Gasteiger partial charge on any atom is 0.272 e. The summed E-state index contributed by atoms with van der Waals surface area (Å²) in [5, 5.41) is 10.7. The molecule has 2 heterocycles. The van der Waals surface area contributed by atoms with Gasteiger partial charge in [-0.25, -0.2) is 10.1 Å². The zero-order valence-corrected chi connectivity index (χ0v) is 8.88. The zero-order chi connectivity index (χ0) is 11.1. The van der Waals surface area contributed by atoms with E-state index in [0.717, 1.165) is 11.1 Å². The molecule has 1 aromatic carbocycles. The SMILES string of the molecule is O=c1[nH]nc2c3c(cccc13)NC(CCl)=N2. The van der Waals surface area contributed by atoms with E-state index in [-0.39, 0.29) is 11.4 Å². The minimum atomic E-state index is -0.216. The molecule has 16 heavy (non-hydrogen) atoms. The van der Waals surface area contributed by atoms with Gasteiger partial charge >= 0.3 is 0 Å². The van der Waals surface area contributed by atoms with Crippen LogP contribution in [0.25, 0.3) is 10.8 Å². The van der Waals surface area contributed by atoms with Crippen molar-refractivity contribution in [1.82, 2.24) is 10.2 Å². The molecule has 1 aliphatic heterocycles. The quantitative estimate of drug-likeness (QED) is 0.737. The van der Waals surface area contributed by atoms with Gasteiger partial charge in [-0.1, -0.05) is 6.07 Å². The van der Waals surface area contributed by atoms with Gasteiger partial charge in [0.05, 0.1) is 22.3 Å². The minimum Gasteiger partial charge on any atom is -0.342 e. The summed E-state index contributed by atoms with van der Waals surface area (Å²) in [5.74, 6) is 1.40. The van der Waals surface area contributed by atoms with E-state index in [4.69, 9.17) is 11.6 Å². The highest BCUT2D eigenvalue weighted by Gasteiger charge is 2.16. The van der Waals surface area contributed by atoms with Gasteiger partial charge in [-0.2, -0.15) is 5.10 Å². The van der Waals surface area contributed by atoms with Gasteiger partial charge in [0.25, 0.3) is 5.56 Å². The summed E-state index contributed by atoms with van der Waals surface area (Å²) < 4.78 is 0. The zero-order valence-electron chi connectivity index (χ0n) is 8.12. The molecule has 0 radical (unpaired) electrons. The maximum absolute atomic E-state index is 11.6. The van der Waals surface area contributed by atoms with Crippen LogP contribution >= 0.6 is 11.6 Å². The summed E-state index contributed by atoms with van der Waals surface area (Å²) in [7, 11) is 0. The van der Waals surface area contributed by atoms with E-state index < -0.39 is 0 Å². The van der Waals surface area contributed by atoms with Gasteiger partial charge in [0.1, 0.15) is 5.84 Å². The topological polar surface area (TPSA) is 70.1 Å². The lowest BCUT2D eigenvalue weighted by Crippen LogP contribution is -2.19. The Morgan fingerprint density at radius 3 is 3.06 bits per heavy atom. The molecular formula is C10H7ClN4O. The number of H-pyrrole nitrogens is 1. The second-order valence-electron chi connectivity index (χ2n) is 3.42. The number of rotatable bonds is 1. The predicted molar refractivity (Wildman–Crippen MR) is 63.8 cm³/mol. The fraction of sp³-hybridized carbons (Fsp3) is 0.100. The molecule has 1 aliphatic rings.